The maximum atomic E-state index is 14.1. The number of thiazole rings is 1. The van der Waals surface area contributed by atoms with Crippen LogP contribution >= 0.6 is 11.3 Å². The largest absolute Gasteiger partial charge is 0.493 e. The molecular formula is C35H35FN2O7S. The van der Waals surface area contributed by atoms with E-state index in [1.54, 1.807) is 56.5 Å². The van der Waals surface area contributed by atoms with Crippen molar-refractivity contribution in [1.29, 1.82) is 0 Å². The topological polar surface area (TPSA) is 97.6 Å². The molecule has 9 nitrogen and oxygen atoms in total. The van der Waals surface area contributed by atoms with Gasteiger partial charge in [-0.05, 0) is 60.9 Å². The molecule has 1 aromatic heterocycles. The quantitative estimate of drug-likeness (QED) is 0.150. The van der Waals surface area contributed by atoms with Crippen LogP contribution in [0.2, 0.25) is 0 Å². The molecule has 0 N–H and O–H groups in total. The number of rotatable bonds is 13. The summed E-state index contributed by atoms with van der Waals surface area (Å²) < 4.78 is 43.4. The normalized spacial score (nSPS) is 14.5. The lowest BCUT2D eigenvalue weighted by atomic mass is 9.94. The molecule has 3 aromatic carbocycles. The van der Waals surface area contributed by atoms with Gasteiger partial charge in [0.15, 0.2) is 16.3 Å². The molecule has 0 spiro atoms. The van der Waals surface area contributed by atoms with Crippen molar-refractivity contribution >= 4 is 23.4 Å². The molecule has 0 radical (unpaired) electrons. The average Bonchev–Trinajstić information content (AvgIpc) is 3.36. The Hall–Kier alpha value is -4.74. The number of nitrogens with zero attached hydrogens (tertiary/aromatic N) is 2. The molecule has 1 aliphatic rings. The molecule has 0 unspecified atom stereocenters. The van der Waals surface area contributed by atoms with Gasteiger partial charge >= 0.3 is 5.97 Å². The third-order valence-electron chi connectivity index (χ3n) is 7.23. The van der Waals surface area contributed by atoms with E-state index in [4.69, 9.17) is 23.7 Å². The zero-order chi connectivity index (χ0) is 32.6. The van der Waals surface area contributed by atoms with Crippen LogP contribution in [0.15, 0.2) is 87.8 Å². The summed E-state index contributed by atoms with van der Waals surface area (Å²) in [6, 6.07) is 18.0. The average molecular weight is 647 g/mol. The minimum Gasteiger partial charge on any atom is -0.493 e. The van der Waals surface area contributed by atoms with E-state index >= 15 is 0 Å². The maximum absolute atomic E-state index is 14.1. The number of carbonyl (C=O) groups is 1. The van der Waals surface area contributed by atoms with Crippen LogP contribution in [-0.2, 0) is 20.9 Å². The number of para-hydroxylation sites is 1. The van der Waals surface area contributed by atoms with Gasteiger partial charge in [-0.25, -0.2) is 14.2 Å². The van der Waals surface area contributed by atoms with Crippen molar-refractivity contribution in [3.05, 3.63) is 120 Å². The Morgan fingerprint density at radius 1 is 1.00 bits per heavy atom. The molecule has 1 aliphatic heterocycles. The molecule has 0 saturated heterocycles. The fraction of sp³-hybridized carbons (Fsp3) is 0.286. The number of carbonyl (C=O) groups excluding carboxylic acids is 1. The Morgan fingerprint density at radius 3 is 2.46 bits per heavy atom. The molecular weight excluding hydrogens is 611 g/mol. The lowest BCUT2D eigenvalue weighted by Crippen LogP contribution is -2.40. The number of benzene rings is 3. The minimum absolute atomic E-state index is 0.0458. The van der Waals surface area contributed by atoms with Gasteiger partial charge in [0, 0.05) is 12.7 Å². The number of hydrogen-bond donors (Lipinski definition) is 0. The summed E-state index contributed by atoms with van der Waals surface area (Å²) >= 11 is 1.23. The molecule has 0 bridgehead atoms. The monoisotopic (exact) mass is 646 g/mol. The lowest BCUT2D eigenvalue weighted by Gasteiger charge is -2.27. The third kappa shape index (κ3) is 7.21. The van der Waals surface area contributed by atoms with E-state index in [9.17, 15) is 14.0 Å². The van der Waals surface area contributed by atoms with E-state index in [0.717, 1.165) is 17.5 Å². The van der Waals surface area contributed by atoms with Crippen molar-refractivity contribution in [3.8, 4) is 17.2 Å². The standard InChI is InChI=1S/C35H35FN2O7S/c1-5-17-43-32-27(7-6-8-28(32)42-4)31-30(34(40)44-19-18-41-3)22(2)37-35-38(31)33(39)29(46-35)20-23-11-15-26(16-12-23)45-21-24-9-13-25(36)14-10-24/h6-16,20,31H,5,17-19,21H2,1-4H3/b29-20+/t31-/m0/s1. The lowest BCUT2D eigenvalue weighted by molar-refractivity contribution is -0.140. The van der Waals surface area contributed by atoms with Crippen molar-refractivity contribution < 1.29 is 32.9 Å². The molecule has 0 saturated carbocycles. The number of aromatic nitrogens is 1. The molecule has 1 atom stereocenters. The number of fused-ring (bicyclic) bond motifs is 1. The van der Waals surface area contributed by atoms with Crippen molar-refractivity contribution in [3.63, 3.8) is 0 Å². The van der Waals surface area contributed by atoms with Gasteiger partial charge in [-0.1, -0.05) is 54.7 Å². The summed E-state index contributed by atoms with van der Waals surface area (Å²) in [6.45, 7) is 4.70. The van der Waals surface area contributed by atoms with Crippen LogP contribution in [-0.4, -0.2) is 44.6 Å². The Morgan fingerprint density at radius 2 is 1.76 bits per heavy atom. The van der Waals surface area contributed by atoms with Gasteiger partial charge in [0.1, 0.15) is 30.8 Å². The predicted octanol–water partition coefficient (Wildman–Crippen LogP) is 4.94. The first-order chi connectivity index (χ1) is 22.3. The second-order valence-electron chi connectivity index (χ2n) is 10.4. The van der Waals surface area contributed by atoms with Crippen LogP contribution in [0.1, 0.15) is 43.0 Å². The molecule has 5 rings (SSSR count). The summed E-state index contributed by atoms with van der Waals surface area (Å²) in [7, 11) is 3.07. The molecule has 0 aliphatic carbocycles. The number of allylic oxidation sites excluding steroid dienone is 1. The number of esters is 1. The van der Waals surface area contributed by atoms with Crippen LogP contribution in [0.25, 0.3) is 6.08 Å². The van der Waals surface area contributed by atoms with Crippen molar-refractivity contribution in [1.82, 2.24) is 4.57 Å². The number of hydrogen-bond acceptors (Lipinski definition) is 9. The summed E-state index contributed by atoms with van der Waals surface area (Å²) in [5.41, 5.74) is 2.55. The first-order valence-electron chi connectivity index (χ1n) is 14.8. The summed E-state index contributed by atoms with van der Waals surface area (Å²) in [5.74, 6) is 0.661. The first-order valence-corrected chi connectivity index (χ1v) is 15.6. The van der Waals surface area contributed by atoms with Crippen LogP contribution < -0.4 is 29.1 Å². The zero-order valence-corrected chi connectivity index (χ0v) is 26.9. The highest BCUT2D eigenvalue weighted by molar-refractivity contribution is 7.07. The highest BCUT2D eigenvalue weighted by atomic mass is 32.1. The molecule has 0 amide bonds. The van der Waals surface area contributed by atoms with Crippen molar-refractivity contribution in [2.24, 2.45) is 4.99 Å². The van der Waals surface area contributed by atoms with E-state index in [0.29, 0.717) is 51.1 Å². The van der Waals surface area contributed by atoms with Crippen LogP contribution in [0.3, 0.4) is 0 Å². The predicted molar refractivity (Wildman–Crippen MR) is 173 cm³/mol. The fourth-order valence-electron chi connectivity index (χ4n) is 5.00. The van der Waals surface area contributed by atoms with E-state index in [1.165, 1.54) is 35.1 Å². The van der Waals surface area contributed by atoms with Crippen LogP contribution in [0, 0.1) is 5.82 Å². The highest BCUT2D eigenvalue weighted by Gasteiger charge is 2.36. The molecule has 240 valence electrons. The second-order valence-corrected chi connectivity index (χ2v) is 11.4. The SMILES string of the molecule is CCCOc1c(OC)cccc1[C@H]1C(C(=O)OCCOC)=C(C)N=c2s/c(=C/c3ccc(OCc4ccc(F)cc4)cc3)c(=O)n21. The van der Waals surface area contributed by atoms with Crippen molar-refractivity contribution in [2.45, 2.75) is 32.9 Å². The number of methoxy groups -OCH3 is 2. The van der Waals surface area contributed by atoms with Gasteiger partial charge < -0.3 is 23.7 Å². The van der Waals surface area contributed by atoms with E-state index in [1.807, 2.05) is 25.1 Å². The fourth-order valence-corrected chi connectivity index (χ4v) is 6.05. The Labute approximate surface area is 269 Å². The summed E-state index contributed by atoms with van der Waals surface area (Å²) in [6.07, 6.45) is 2.53. The van der Waals surface area contributed by atoms with Gasteiger partial charge in [-0.15, -0.1) is 0 Å². The van der Waals surface area contributed by atoms with Crippen LogP contribution in [0.5, 0.6) is 17.2 Å². The smallest absolute Gasteiger partial charge is 0.338 e. The number of halogens is 1. The zero-order valence-electron chi connectivity index (χ0n) is 26.1. The third-order valence-corrected chi connectivity index (χ3v) is 8.22. The Balaban J connectivity index is 1.54. The molecule has 4 aromatic rings. The van der Waals surface area contributed by atoms with Gasteiger partial charge in [-0.2, -0.15) is 0 Å². The van der Waals surface area contributed by atoms with Crippen molar-refractivity contribution in [2.75, 3.05) is 34.0 Å². The molecule has 2 heterocycles. The van der Waals surface area contributed by atoms with Gasteiger partial charge in [0.25, 0.3) is 5.56 Å². The maximum Gasteiger partial charge on any atom is 0.338 e. The highest BCUT2D eigenvalue weighted by Crippen LogP contribution is 2.41. The molecule has 46 heavy (non-hydrogen) atoms. The Bertz CT molecular complexity index is 1900. The van der Waals surface area contributed by atoms with E-state index in [-0.39, 0.29) is 30.2 Å². The van der Waals surface area contributed by atoms with Gasteiger partial charge in [-0.3, -0.25) is 9.36 Å². The Kier molecular flexibility index (Phi) is 10.7. The van der Waals surface area contributed by atoms with Crippen LogP contribution in [0.4, 0.5) is 4.39 Å². The van der Waals surface area contributed by atoms with Gasteiger partial charge in [0.05, 0.1) is 36.1 Å². The second kappa shape index (κ2) is 15.0. The first kappa shape index (κ1) is 32.6. The number of ether oxygens (including phenoxy) is 5. The molecule has 0 fully saturated rings. The van der Waals surface area contributed by atoms with E-state index < -0.39 is 12.0 Å². The summed E-state index contributed by atoms with van der Waals surface area (Å²) in [5, 5.41) is 0. The van der Waals surface area contributed by atoms with E-state index in [2.05, 4.69) is 4.99 Å². The summed E-state index contributed by atoms with van der Waals surface area (Å²) in [4.78, 5) is 32.8. The minimum atomic E-state index is -0.877. The molecule has 11 heteroatoms. The van der Waals surface area contributed by atoms with Gasteiger partial charge in [0.2, 0.25) is 0 Å².